The number of anilines is 1. The molecular formula is C19H17F2N3O3S2. The van der Waals surface area contributed by atoms with E-state index < -0.39 is 32.1 Å². The van der Waals surface area contributed by atoms with Crippen molar-refractivity contribution in [3.05, 3.63) is 58.9 Å². The SMILES string of the molecule is Cc1cc(Oc2cc(F)c(S(=O)(=O)Cc3ncns3)cc2F)cc(N2CCC2)c1. The van der Waals surface area contributed by atoms with Gasteiger partial charge < -0.3 is 9.64 Å². The van der Waals surface area contributed by atoms with Crippen molar-refractivity contribution in [1.82, 2.24) is 9.36 Å². The van der Waals surface area contributed by atoms with Gasteiger partial charge in [-0.1, -0.05) is 0 Å². The van der Waals surface area contributed by atoms with E-state index in [9.17, 15) is 17.2 Å². The summed E-state index contributed by atoms with van der Waals surface area (Å²) in [6.07, 6.45) is 2.32. The molecule has 0 aliphatic carbocycles. The van der Waals surface area contributed by atoms with Crippen LogP contribution in [-0.4, -0.2) is 30.9 Å². The second-order valence-corrected chi connectivity index (χ2v) is 9.58. The summed E-state index contributed by atoms with van der Waals surface area (Å²) < 4.78 is 63.2. The number of rotatable bonds is 6. The lowest BCUT2D eigenvalue weighted by Crippen LogP contribution is -2.36. The lowest BCUT2D eigenvalue weighted by Gasteiger charge is -2.33. The number of nitrogens with zero attached hydrogens (tertiary/aromatic N) is 3. The molecule has 1 aliphatic heterocycles. The van der Waals surface area contributed by atoms with Crippen molar-refractivity contribution in [3.63, 3.8) is 0 Å². The molecule has 0 atom stereocenters. The predicted octanol–water partition coefficient (Wildman–Crippen LogP) is 4.10. The Morgan fingerprint density at radius 2 is 1.93 bits per heavy atom. The van der Waals surface area contributed by atoms with Crippen LogP contribution in [0.5, 0.6) is 11.5 Å². The maximum Gasteiger partial charge on any atom is 0.187 e. The highest BCUT2D eigenvalue weighted by molar-refractivity contribution is 7.90. The Morgan fingerprint density at radius 1 is 1.14 bits per heavy atom. The molecule has 1 fully saturated rings. The molecule has 2 aromatic carbocycles. The van der Waals surface area contributed by atoms with Crippen molar-refractivity contribution >= 4 is 27.1 Å². The van der Waals surface area contributed by atoms with Crippen LogP contribution in [0.4, 0.5) is 14.5 Å². The van der Waals surface area contributed by atoms with Crippen molar-refractivity contribution in [1.29, 1.82) is 0 Å². The smallest absolute Gasteiger partial charge is 0.187 e. The van der Waals surface area contributed by atoms with E-state index in [2.05, 4.69) is 14.3 Å². The average molecular weight is 437 g/mol. The Hall–Kier alpha value is -2.59. The van der Waals surface area contributed by atoms with Crippen LogP contribution in [-0.2, 0) is 15.6 Å². The van der Waals surface area contributed by atoms with Gasteiger partial charge in [0.1, 0.15) is 33.6 Å². The third-order valence-electron chi connectivity index (χ3n) is 4.53. The molecule has 2 heterocycles. The highest BCUT2D eigenvalue weighted by Gasteiger charge is 2.25. The summed E-state index contributed by atoms with van der Waals surface area (Å²) in [7, 11) is -4.12. The van der Waals surface area contributed by atoms with Crippen molar-refractivity contribution in [2.75, 3.05) is 18.0 Å². The van der Waals surface area contributed by atoms with Gasteiger partial charge in [0.2, 0.25) is 0 Å². The molecule has 3 aromatic rings. The third-order valence-corrected chi connectivity index (χ3v) is 7.01. The fourth-order valence-electron chi connectivity index (χ4n) is 3.00. The first-order valence-electron chi connectivity index (χ1n) is 8.84. The normalized spacial score (nSPS) is 14.0. The van der Waals surface area contributed by atoms with Gasteiger partial charge in [-0.05, 0) is 48.6 Å². The summed E-state index contributed by atoms with van der Waals surface area (Å²) in [5.41, 5.74) is 1.87. The van der Waals surface area contributed by atoms with Gasteiger partial charge in [0.15, 0.2) is 21.4 Å². The number of hydrogen-bond donors (Lipinski definition) is 0. The maximum atomic E-state index is 14.6. The first-order chi connectivity index (χ1) is 13.8. The molecule has 152 valence electrons. The van der Waals surface area contributed by atoms with Crippen LogP contribution in [0.3, 0.4) is 0 Å². The Labute approximate surface area is 170 Å². The Balaban J connectivity index is 1.61. The molecule has 0 radical (unpaired) electrons. The van der Waals surface area contributed by atoms with Gasteiger partial charge in [-0.3, -0.25) is 0 Å². The summed E-state index contributed by atoms with van der Waals surface area (Å²) in [5, 5.41) is 0.198. The lowest BCUT2D eigenvalue weighted by atomic mass is 10.1. The number of ether oxygens (including phenoxy) is 1. The van der Waals surface area contributed by atoms with Gasteiger partial charge in [0.05, 0.1) is 0 Å². The summed E-state index contributed by atoms with van der Waals surface area (Å²) in [6, 6.07) is 6.86. The van der Waals surface area contributed by atoms with E-state index in [1.807, 2.05) is 13.0 Å². The molecule has 0 unspecified atom stereocenters. The number of sulfone groups is 1. The van der Waals surface area contributed by atoms with Crippen LogP contribution < -0.4 is 9.64 Å². The molecule has 0 spiro atoms. The Bertz CT molecular complexity index is 1150. The summed E-state index contributed by atoms with van der Waals surface area (Å²) >= 11 is 0.886. The largest absolute Gasteiger partial charge is 0.454 e. The minimum Gasteiger partial charge on any atom is -0.454 e. The van der Waals surface area contributed by atoms with E-state index in [0.717, 1.165) is 48.4 Å². The van der Waals surface area contributed by atoms with Crippen molar-refractivity contribution < 1.29 is 21.9 Å². The quantitative estimate of drug-likeness (QED) is 0.578. The Kier molecular flexibility index (Phi) is 5.22. The molecule has 10 heteroatoms. The molecule has 0 N–H and O–H groups in total. The van der Waals surface area contributed by atoms with Crippen LogP contribution in [0.15, 0.2) is 41.6 Å². The van der Waals surface area contributed by atoms with Gasteiger partial charge >= 0.3 is 0 Å². The standard InChI is InChI=1S/C19H17F2N3O3S2/c1-12-5-13(24-3-2-4-24)7-14(6-12)27-17-8-16(21)18(9-15(17)20)29(25,26)10-19-22-11-23-28-19/h5-9,11H,2-4,10H2,1H3. The van der Waals surface area contributed by atoms with Crippen molar-refractivity contribution in [2.45, 2.75) is 24.0 Å². The number of aromatic nitrogens is 2. The monoisotopic (exact) mass is 437 g/mol. The zero-order valence-electron chi connectivity index (χ0n) is 15.4. The molecule has 4 rings (SSSR count). The third kappa shape index (κ3) is 4.23. The number of halogens is 2. The second-order valence-electron chi connectivity index (χ2n) is 6.75. The fraction of sp³-hybridized carbons (Fsp3) is 0.263. The first-order valence-corrected chi connectivity index (χ1v) is 11.3. The van der Waals surface area contributed by atoms with E-state index >= 15 is 0 Å². The fourth-order valence-corrected chi connectivity index (χ4v) is 5.18. The predicted molar refractivity (Wildman–Crippen MR) is 105 cm³/mol. The minimum atomic E-state index is -4.12. The van der Waals surface area contributed by atoms with Crippen molar-refractivity contribution in [3.8, 4) is 11.5 Å². The van der Waals surface area contributed by atoms with E-state index in [4.69, 9.17) is 4.74 Å². The van der Waals surface area contributed by atoms with Crippen LogP contribution in [0.1, 0.15) is 17.0 Å². The molecule has 0 saturated carbocycles. The van der Waals surface area contributed by atoms with Gasteiger partial charge in [-0.25, -0.2) is 22.2 Å². The molecule has 29 heavy (non-hydrogen) atoms. The zero-order valence-corrected chi connectivity index (χ0v) is 17.1. The van der Waals surface area contributed by atoms with E-state index in [0.29, 0.717) is 11.8 Å². The minimum absolute atomic E-state index is 0.198. The second kappa shape index (κ2) is 7.68. The topological polar surface area (TPSA) is 72.4 Å². The molecule has 0 amide bonds. The van der Waals surface area contributed by atoms with E-state index in [-0.39, 0.29) is 10.8 Å². The molecule has 1 aliphatic rings. The van der Waals surface area contributed by atoms with Gasteiger partial charge in [0, 0.05) is 30.9 Å². The van der Waals surface area contributed by atoms with Crippen molar-refractivity contribution in [2.24, 2.45) is 0 Å². The van der Waals surface area contributed by atoms with E-state index in [1.54, 1.807) is 12.1 Å². The number of benzene rings is 2. The van der Waals surface area contributed by atoms with Crippen LogP contribution in [0, 0.1) is 18.6 Å². The lowest BCUT2D eigenvalue weighted by molar-refractivity contribution is 0.431. The van der Waals surface area contributed by atoms with Gasteiger partial charge in [-0.15, -0.1) is 0 Å². The Morgan fingerprint density at radius 3 is 2.59 bits per heavy atom. The number of aryl methyl sites for hydroxylation is 1. The molecule has 6 nitrogen and oxygen atoms in total. The van der Waals surface area contributed by atoms with Crippen LogP contribution in [0.2, 0.25) is 0 Å². The molecule has 1 saturated heterocycles. The summed E-state index contributed by atoms with van der Waals surface area (Å²) in [4.78, 5) is 5.20. The highest BCUT2D eigenvalue weighted by atomic mass is 32.2. The summed E-state index contributed by atoms with van der Waals surface area (Å²) in [5.74, 6) is -2.62. The average Bonchev–Trinajstić information content (AvgIpc) is 3.08. The maximum absolute atomic E-state index is 14.6. The molecule has 1 aromatic heterocycles. The molecular weight excluding hydrogens is 420 g/mol. The summed E-state index contributed by atoms with van der Waals surface area (Å²) in [6.45, 7) is 3.76. The molecule has 0 bridgehead atoms. The van der Waals surface area contributed by atoms with Crippen LogP contribution >= 0.6 is 11.5 Å². The first kappa shape index (κ1) is 19.7. The van der Waals surface area contributed by atoms with E-state index in [1.165, 1.54) is 6.33 Å². The van der Waals surface area contributed by atoms with Crippen LogP contribution in [0.25, 0.3) is 0 Å². The number of hydrogen-bond acceptors (Lipinski definition) is 7. The highest BCUT2D eigenvalue weighted by Crippen LogP contribution is 2.33. The van der Waals surface area contributed by atoms with Gasteiger partial charge in [0.25, 0.3) is 0 Å². The zero-order chi connectivity index (χ0) is 20.6. The van der Waals surface area contributed by atoms with Gasteiger partial charge in [-0.2, -0.15) is 4.37 Å².